The number of alkyl halides is 3. The molecule has 0 saturated carbocycles. The van der Waals surface area contributed by atoms with Crippen LogP contribution in [0.5, 0.6) is 5.75 Å². The molecule has 1 fully saturated rings. The molecule has 0 bridgehead atoms. The third-order valence-electron chi connectivity index (χ3n) is 6.50. The number of aromatic nitrogens is 2. The first-order chi connectivity index (χ1) is 18.6. The summed E-state index contributed by atoms with van der Waals surface area (Å²) < 4.78 is 62.5. The molecule has 8 nitrogen and oxygen atoms in total. The number of piperazine rings is 1. The van der Waals surface area contributed by atoms with Gasteiger partial charge >= 0.3 is 6.18 Å². The van der Waals surface area contributed by atoms with Crippen LogP contribution in [0.4, 0.5) is 46.4 Å². The predicted octanol–water partition coefficient (Wildman–Crippen LogP) is 5.46. The van der Waals surface area contributed by atoms with Gasteiger partial charge < -0.3 is 29.5 Å². The molecule has 13 heteroatoms. The molecule has 2 heterocycles. The number of nitrogens with zero attached hydrogens (tertiary/aromatic N) is 5. The van der Waals surface area contributed by atoms with Gasteiger partial charge in [-0.25, -0.2) is 9.37 Å². The van der Waals surface area contributed by atoms with E-state index in [-0.39, 0.29) is 12.5 Å². The Kier molecular flexibility index (Phi) is 8.90. The van der Waals surface area contributed by atoms with Crippen LogP contribution >= 0.6 is 11.9 Å². The molecule has 4 rings (SSSR count). The number of ether oxygens (including phenoxy) is 1. The molecule has 210 valence electrons. The maximum absolute atomic E-state index is 13.8. The number of methoxy groups -OCH3 is 1. The minimum Gasteiger partial charge on any atom is -0.494 e. The maximum atomic E-state index is 13.8. The average molecular weight is 566 g/mol. The van der Waals surface area contributed by atoms with Gasteiger partial charge in [0.15, 0.2) is 0 Å². The molecule has 0 amide bonds. The second kappa shape index (κ2) is 12.2. The van der Waals surface area contributed by atoms with Crippen molar-refractivity contribution in [3.8, 4) is 5.75 Å². The lowest BCUT2D eigenvalue weighted by molar-refractivity contribution is -0.137. The molecule has 0 unspecified atom stereocenters. The molecular formula is C26H31F4N7OS. The quantitative estimate of drug-likeness (QED) is 0.260. The second-order valence-electron chi connectivity index (χ2n) is 9.06. The summed E-state index contributed by atoms with van der Waals surface area (Å²) in [6, 6.07) is 9.75. The number of rotatable bonds is 9. The first-order valence-corrected chi connectivity index (χ1v) is 13.4. The summed E-state index contributed by atoms with van der Waals surface area (Å²) in [5, 5.41) is 5.76. The molecule has 0 aliphatic carbocycles. The largest absolute Gasteiger partial charge is 0.494 e. The highest BCUT2D eigenvalue weighted by molar-refractivity contribution is 7.99. The lowest BCUT2D eigenvalue weighted by Gasteiger charge is -2.34. The lowest BCUT2D eigenvalue weighted by atomic mass is 10.1. The molecule has 0 radical (unpaired) electrons. The van der Waals surface area contributed by atoms with E-state index in [1.165, 1.54) is 37.3 Å². The Balaban J connectivity index is 1.58. The minimum atomic E-state index is -4.68. The summed E-state index contributed by atoms with van der Waals surface area (Å²) in [7, 11) is 5.36. The molecule has 2 N–H and O–H groups in total. The molecule has 1 aliphatic rings. The van der Waals surface area contributed by atoms with E-state index >= 15 is 0 Å². The van der Waals surface area contributed by atoms with Crippen molar-refractivity contribution in [3.63, 3.8) is 0 Å². The third kappa shape index (κ3) is 6.95. The predicted molar refractivity (Wildman–Crippen MR) is 149 cm³/mol. The maximum Gasteiger partial charge on any atom is 0.421 e. The van der Waals surface area contributed by atoms with Crippen LogP contribution in [0.3, 0.4) is 0 Å². The summed E-state index contributed by atoms with van der Waals surface area (Å²) in [5.41, 5.74) is 1.65. The van der Waals surface area contributed by atoms with Crippen LogP contribution in [0.2, 0.25) is 0 Å². The van der Waals surface area contributed by atoms with E-state index < -0.39 is 23.4 Å². The fraction of sp³-hybridized carbons (Fsp3) is 0.385. The van der Waals surface area contributed by atoms with Gasteiger partial charge in [0.1, 0.15) is 22.9 Å². The Labute approximate surface area is 229 Å². The summed E-state index contributed by atoms with van der Waals surface area (Å²) in [5.74, 6) is -0.348. The molecular weight excluding hydrogens is 534 g/mol. The van der Waals surface area contributed by atoms with Crippen molar-refractivity contribution >= 4 is 40.8 Å². The fourth-order valence-corrected chi connectivity index (χ4v) is 4.57. The van der Waals surface area contributed by atoms with Gasteiger partial charge in [-0.1, -0.05) is 18.0 Å². The van der Waals surface area contributed by atoms with Crippen LogP contribution in [-0.2, 0) is 12.7 Å². The van der Waals surface area contributed by atoms with Crippen molar-refractivity contribution in [1.29, 1.82) is 0 Å². The smallest absolute Gasteiger partial charge is 0.421 e. The summed E-state index contributed by atoms with van der Waals surface area (Å²) >= 11 is 1.35. The first-order valence-electron chi connectivity index (χ1n) is 12.2. The van der Waals surface area contributed by atoms with E-state index in [2.05, 4.69) is 37.4 Å². The molecule has 39 heavy (non-hydrogen) atoms. The van der Waals surface area contributed by atoms with Crippen LogP contribution in [0.25, 0.3) is 0 Å². The average Bonchev–Trinajstić information content (AvgIpc) is 2.92. The monoisotopic (exact) mass is 565 g/mol. The number of benzene rings is 2. The topological polar surface area (TPSA) is 68.8 Å². The standard InChI is InChI=1S/C26H31F4N7OS/c1-35-9-11-37(12-10-35)19-7-8-21(23(14-19)38-3)33-25-32-16-20(26(28,29)30)24(34-25)31-15-17-5-6-18(27)13-22(17)36(2)39-4/h5-8,13-14,16H,9-12,15H2,1-4H3,(H2,31,32,33,34). The van der Waals surface area contributed by atoms with Crippen LogP contribution < -0.4 is 24.6 Å². The summed E-state index contributed by atoms with van der Waals surface area (Å²) in [4.78, 5) is 12.6. The highest BCUT2D eigenvalue weighted by atomic mass is 32.2. The molecule has 1 aromatic heterocycles. The van der Waals surface area contributed by atoms with Crippen LogP contribution in [0, 0.1) is 5.82 Å². The van der Waals surface area contributed by atoms with Crippen molar-refractivity contribution in [1.82, 2.24) is 14.9 Å². The molecule has 2 aromatic carbocycles. The van der Waals surface area contributed by atoms with Crippen LogP contribution in [0.15, 0.2) is 42.6 Å². The van der Waals surface area contributed by atoms with Crippen LogP contribution in [-0.4, -0.2) is 68.5 Å². The van der Waals surface area contributed by atoms with Gasteiger partial charge in [-0.2, -0.15) is 18.2 Å². The van der Waals surface area contributed by atoms with Gasteiger partial charge in [0.05, 0.1) is 18.5 Å². The second-order valence-corrected chi connectivity index (χ2v) is 9.97. The van der Waals surface area contributed by atoms with E-state index in [0.29, 0.717) is 22.7 Å². The van der Waals surface area contributed by atoms with Crippen molar-refractivity contribution in [2.45, 2.75) is 12.7 Å². The van der Waals surface area contributed by atoms with Crippen molar-refractivity contribution in [3.05, 3.63) is 59.5 Å². The Hall–Kier alpha value is -3.45. The highest BCUT2D eigenvalue weighted by Crippen LogP contribution is 2.36. The lowest BCUT2D eigenvalue weighted by Crippen LogP contribution is -2.44. The molecule has 0 atom stereocenters. The Morgan fingerprint density at radius 2 is 1.85 bits per heavy atom. The summed E-state index contributed by atoms with van der Waals surface area (Å²) in [6.45, 7) is 3.65. The molecule has 0 spiro atoms. The fourth-order valence-electron chi connectivity index (χ4n) is 4.21. The highest BCUT2D eigenvalue weighted by Gasteiger charge is 2.35. The van der Waals surface area contributed by atoms with Crippen molar-refractivity contribution in [2.24, 2.45) is 0 Å². The zero-order chi connectivity index (χ0) is 28.2. The molecule has 1 saturated heterocycles. The van der Waals surface area contributed by atoms with Crippen molar-refractivity contribution in [2.75, 3.05) is 73.5 Å². The van der Waals surface area contributed by atoms with Gasteiger partial charge in [0, 0.05) is 64.0 Å². The zero-order valence-corrected chi connectivity index (χ0v) is 23.0. The third-order valence-corrected chi connectivity index (χ3v) is 7.25. The SMILES string of the molecule is COc1cc(N2CCN(C)CC2)ccc1Nc1ncc(C(F)(F)F)c(NCc2ccc(F)cc2N(C)SC)n1. The van der Waals surface area contributed by atoms with E-state index in [0.717, 1.165) is 38.1 Å². The molecule has 3 aromatic rings. The zero-order valence-electron chi connectivity index (χ0n) is 22.1. The van der Waals surface area contributed by atoms with E-state index in [9.17, 15) is 17.6 Å². The van der Waals surface area contributed by atoms with E-state index in [1.54, 1.807) is 17.4 Å². The number of hydrogen-bond acceptors (Lipinski definition) is 9. The van der Waals surface area contributed by atoms with Gasteiger partial charge in [-0.3, -0.25) is 0 Å². The molecule has 1 aliphatic heterocycles. The van der Waals surface area contributed by atoms with Gasteiger partial charge in [-0.05, 0) is 36.9 Å². The first kappa shape index (κ1) is 28.6. The number of halogens is 4. The number of nitrogens with one attached hydrogen (secondary N) is 2. The van der Waals surface area contributed by atoms with E-state index in [1.807, 2.05) is 18.4 Å². The Bertz CT molecular complexity index is 1290. The Morgan fingerprint density at radius 1 is 1.10 bits per heavy atom. The van der Waals surface area contributed by atoms with E-state index in [4.69, 9.17) is 4.74 Å². The van der Waals surface area contributed by atoms with Gasteiger partial charge in [0.25, 0.3) is 0 Å². The number of hydrogen-bond donors (Lipinski definition) is 2. The van der Waals surface area contributed by atoms with Crippen molar-refractivity contribution < 1.29 is 22.3 Å². The van der Waals surface area contributed by atoms with Crippen LogP contribution in [0.1, 0.15) is 11.1 Å². The normalized spacial score (nSPS) is 14.3. The number of anilines is 5. The Morgan fingerprint density at radius 3 is 2.51 bits per heavy atom. The number of likely N-dealkylation sites (N-methyl/N-ethyl adjacent to an activating group) is 1. The minimum absolute atomic E-state index is 0.0108. The van der Waals surface area contributed by atoms with Gasteiger partial charge in [0.2, 0.25) is 5.95 Å². The van der Waals surface area contributed by atoms with Gasteiger partial charge in [-0.15, -0.1) is 0 Å². The summed E-state index contributed by atoms with van der Waals surface area (Å²) in [6.07, 6.45) is -2.12.